The van der Waals surface area contributed by atoms with E-state index in [1.54, 1.807) is 0 Å². The average Bonchev–Trinajstić information content (AvgIpc) is 2.59. The van der Waals surface area contributed by atoms with Gasteiger partial charge >= 0.3 is 6.03 Å². The Bertz CT molecular complexity index is 818. The summed E-state index contributed by atoms with van der Waals surface area (Å²) in [5, 5.41) is 0.0380. The lowest BCUT2D eigenvalue weighted by Crippen LogP contribution is -2.46. The highest BCUT2D eigenvalue weighted by atomic mass is 35.5. The van der Waals surface area contributed by atoms with E-state index in [9.17, 15) is 9.18 Å². The number of nitrogens with zero attached hydrogens (tertiary/aromatic N) is 4. The number of carbonyl (C=O) groups is 1. The smallest absolute Gasteiger partial charge is 0.330 e. The van der Waals surface area contributed by atoms with Gasteiger partial charge in [0.15, 0.2) is 11.6 Å². The summed E-state index contributed by atoms with van der Waals surface area (Å²) in [5.41, 5.74) is 0.686. The topological polar surface area (TPSA) is 67.8 Å². The molecule has 9 heteroatoms. The highest BCUT2D eigenvalue weighted by Crippen LogP contribution is 2.37. The van der Waals surface area contributed by atoms with E-state index < -0.39 is 11.8 Å². The van der Waals surface area contributed by atoms with Crippen LogP contribution in [0.4, 0.5) is 20.7 Å². The fraction of sp³-hybridized carbons (Fsp3) is 0.267. The van der Waals surface area contributed by atoms with E-state index in [0.717, 1.165) is 0 Å². The van der Waals surface area contributed by atoms with Gasteiger partial charge in [-0.15, -0.1) is 0 Å². The molecule has 0 N–H and O–H groups in total. The minimum absolute atomic E-state index is 0.0158. The molecule has 2 amide bonds. The number of aromatic nitrogens is 2. The first-order valence-corrected chi connectivity index (χ1v) is 7.32. The standard InChI is InChI=1S/C15H14ClFN4O3/c1-20-13-8(6-18-14(16)19-13)7-21(15(20)22)10-4-9(23-2)5-11(24-3)12(10)17/h4-6H,7H2,1-3H3. The molecule has 24 heavy (non-hydrogen) atoms. The van der Waals surface area contributed by atoms with Crippen molar-refractivity contribution in [1.82, 2.24) is 9.97 Å². The molecule has 0 bridgehead atoms. The number of fused-ring (bicyclic) bond motifs is 1. The van der Waals surface area contributed by atoms with Crippen LogP contribution in [0.1, 0.15) is 5.56 Å². The number of hydrogen-bond acceptors (Lipinski definition) is 5. The predicted octanol–water partition coefficient (Wildman–Crippen LogP) is 2.86. The molecule has 1 aromatic heterocycles. The molecule has 1 aliphatic heterocycles. The first-order valence-electron chi connectivity index (χ1n) is 6.94. The van der Waals surface area contributed by atoms with Gasteiger partial charge in [-0.05, 0) is 11.6 Å². The van der Waals surface area contributed by atoms with Crippen LogP contribution in [0.3, 0.4) is 0 Å². The molecule has 0 saturated carbocycles. The van der Waals surface area contributed by atoms with Crippen LogP contribution in [-0.2, 0) is 6.54 Å². The van der Waals surface area contributed by atoms with Crippen molar-refractivity contribution in [3.63, 3.8) is 0 Å². The number of amides is 2. The maximum Gasteiger partial charge on any atom is 0.330 e. The second kappa shape index (κ2) is 6.12. The Balaban J connectivity index is 2.10. The first kappa shape index (κ1) is 16.3. The van der Waals surface area contributed by atoms with Crippen LogP contribution in [0.15, 0.2) is 18.3 Å². The Morgan fingerprint density at radius 2 is 2.04 bits per heavy atom. The van der Waals surface area contributed by atoms with Gasteiger partial charge in [-0.2, -0.15) is 4.98 Å². The molecular formula is C15H14ClFN4O3. The van der Waals surface area contributed by atoms with Crippen LogP contribution >= 0.6 is 11.6 Å². The normalized spacial score (nSPS) is 13.8. The third-order valence-corrected chi connectivity index (χ3v) is 3.90. The molecule has 0 unspecified atom stereocenters. The van der Waals surface area contributed by atoms with Gasteiger partial charge in [0.1, 0.15) is 11.6 Å². The maximum atomic E-state index is 14.7. The van der Waals surface area contributed by atoms with Gasteiger partial charge in [-0.25, -0.2) is 14.2 Å². The Kier molecular flexibility index (Phi) is 4.15. The van der Waals surface area contributed by atoms with Crippen LogP contribution in [0.25, 0.3) is 0 Å². The summed E-state index contributed by atoms with van der Waals surface area (Å²) >= 11 is 5.78. The third kappa shape index (κ3) is 2.58. The summed E-state index contributed by atoms with van der Waals surface area (Å²) in [6.45, 7) is 0.100. The van der Waals surface area contributed by atoms with Crippen molar-refractivity contribution in [2.24, 2.45) is 0 Å². The lowest BCUT2D eigenvalue weighted by Gasteiger charge is -2.34. The summed E-state index contributed by atoms with van der Waals surface area (Å²) < 4.78 is 24.8. The lowest BCUT2D eigenvalue weighted by atomic mass is 10.1. The van der Waals surface area contributed by atoms with Gasteiger partial charge < -0.3 is 9.47 Å². The number of urea groups is 1. The predicted molar refractivity (Wildman–Crippen MR) is 86.5 cm³/mol. The average molecular weight is 353 g/mol. The molecular weight excluding hydrogens is 339 g/mol. The second-order valence-electron chi connectivity index (χ2n) is 5.08. The number of halogens is 2. The molecule has 7 nitrogen and oxygen atoms in total. The maximum absolute atomic E-state index is 14.7. The van der Waals surface area contributed by atoms with Crippen LogP contribution in [-0.4, -0.2) is 37.3 Å². The molecule has 0 atom stereocenters. The molecule has 0 aliphatic carbocycles. The Hall–Kier alpha value is -2.61. The number of benzene rings is 1. The largest absolute Gasteiger partial charge is 0.497 e. The number of methoxy groups -OCH3 is 2. The third-order valence-electron chi connectivity index (χ3n) is 3.72. The Morgan fingerprint density at radius 3 is 2.71 bits per heavy atom. The van der Waals surface area contributed by atoms with Crippen molar-refractivity contribution in [1.29, 1.82) is 0 Å². The molecule has 0 saturated heterocycles. The molecule has 1 aliphatic rings. The molecule has 2 heterocycles. The second-order valence-corrected chi connectivity index (χ2v) is 5.42. The van der Waals surface area contributed by atoms with E-state index >= 15 is 0 Å². The quantitative estimate of drug-likeness (QED) is 0.794. The number of hydrogen-bond donors (Lipinski definition) is 0. The molecule has 126 valence electrons. The van der Waals surface area contributed by atoms with E-state index in [2.05, 4.69) is 9.97 Å². The van der Waals surface area contributed by atoms with Crippen molar-refractivity contribution in [3.05, 3.63) is 35.0 Å². The highest BCUT2D eigenvalue weighted by Gasteiger charge is 2.33. The van der Waals surface area contributed by atoms with Crippen LogP contribution in [0.5, 0.6) is 11.5 Å². The van der Waals surface area contributed by atoms with Crippen LogP contribution < -0.4 is 19.3 Å². The van der Waals surface area contributed by atoms with Crippen LogP contribution in [0.2, 0.25) is 5.28 Å². The summed E-state index contributed by atoms with van der Waals surface area (Å²) in [4.78, 5) is 23.2. The molecule has 0 spiro atoms. The Morgan fingerprint density at radius 1 is 1.29 bits per heavy atom. The van der Waals surface area contributed by atoms with Gasteiger partial charge in [0.05, 0.1) is 26.5 Å². The van der Waals surface area contributed by atoms with Gasteiger partial charge in [0.25, 0.3) is 0 Å². The van der Waals surface area contributed by atoms with Crippen molar-refractivity contribution < 1.29 is 18.7 Å². The molecule has 0 fully saturated rings. The summed E-state index contributed by atoms with van der Waals surface area (Å²) in [7, 11) is 4.33. The van der Waals surface area contributed by atoms with Gasteiger partial charge in [-0.1, -0.05) is 0 Å². The Labute approximate surface area is 142 Å². The fourth-order valence-corrected chi connectivity index (χ4v) is 2.63. The van der Waals surface area contributed by atoms with Crippen molar-refractivity contribution in [2.45, 2.75) is 6.54 Å². The summed E-state index contributed by atoms with van der Waals surface area (Å²) in [6, 6.07) is 2.39. The first-order chi connectivity index (χ1) is 11.5. The lowest BCUT2D eigenvalue weighted by molar-refractivity contribution is 0.250. The highest BCUT2D eigenvalue weighted by molar-refractivity contribution is 6.28. The van der Waals surface area contributed by atoms with Crippen molar-refractivity contribution in [3.8, 4) is 11.5 Å². The van der Waals surface area contributed by atoms with E-state index in [4.69, 9.17) is 21.1 Å². The van der Waals surface area contributed by atoms with E-state index in [1.807, 2.05) is 0 Å². The van der Waals surface area contributed by atoms with Gasteiger partial charge in [-0.3, -0.25) is 9.80 Å². The van der Waals surface area contributed by atoms with Crippen LogP contribution in [0, 0.1) is 5.82 Å². The van der Waals surface area contributed by atoms with Gasteiger partial charge in [0.2, 0.25) is 5.28 Å². The number of rotatable bonds is 3. The zero-order valence-electron chi connectivity index (χ0n) is 13.2. The molecule has 1 aromatic carbocycles. The zero-order valence-corrected chi connectivity index (χ0v) is 14.0. The van der Waals surface area contributed by atoms with Crippen molar-refractivity contribution in [2.75, 3.05) is 31.1 Å². The molecule has 2 aromatic rings. The molecule has 0 radical (unpaired) electrons. The number of carbonyl (C=O) groups excluding carboxylic acids is 1. The minimum atomic E-state index is -0.654. The summed E-state index contributed by atoms with van der Waals surface area (Å²) in [5.74, 6) is 0.0970. The summed E-state index contributed by atoms with van der Waals surface area (Å²) in [6.07, 6.45) is 1.51. The monoisotopic (exact) mass is 352 g/mol. The van der Waals surface area contributed by atoms with E-state index in [0.29, 0.717) is 17.1 Å². The van der Waals surface area contributed by atoms with Crippen molar-refractivity contribution >= 4 is 29.1 Å². The zero-order chi connectivity index (χ0) is 17.4. The minimum Gasteiger partial charge on any atom is -0.497 e. The number of ether oxygens (including phenoxy) is 2. The molecule has 3 rings (SSSR count). The number of anilines is 2. The van der Waals surface area contributed by atoms with Gasteiger partial charge in [0, 0.05) is 30.9 Å². The SMILES string of the molecule is COc1cc(OC)c(F)c(N2Cc3cnc(Cl)nc3N(C)C2=O)c1. The fourth-order valence-electron chi connectivity index (χ4n) is 2.50. The van der Waals surface area contributed by atoms with E-state index in [1.165, 1.54) is 49.4 Å². The van der Waals surface area contributed by atoms with E-state index in [-0.39, 0.29) is 23.3 Å².